The molecule has 11 heteroatoms. The number of sulfonamides is 1. The zero-order valence-corrected chi connectivity index (χ0v) is 13.9. The van der Waals surface area contributed by atoms with Crippen LogP contribution in [0.2, 0.25) is 0 Å². The highest BCUT2D eigenvalue weighted by Crippen LogP contribution is 2.07. The highest BCUT2D eigenvalue weighted by Gasteiger charge is 2.18. The lowest BCUT2D eigenvalue weighted by atomic mass is 10.2. The van der Waals surface area contributed by atoms with Gasteiger partial charge in [0.05, 0.1) is 6.20 Å². The highest BCUT2D eigenvalue weighted by atomic mass is 32.2. The van der Waals surface area contributed by atoms with Crippen molar-refractivity contribution >= 4 is 22.1 Å². The molecule has 0 saturated heterocycles. The Balaban J connectivity index is 2.46. The lowest BCUT2D eigenvalue weighted by Crippen LogP contribution is -2.37. The standard InChI is InChI=1S/C12H20N4O6S/c1-12(2,3)22-11(19)13-4-5-15-23(20,21)9-6-14-16(7-9)8-10(17)18/h6-7,15H,4-5,8H2,1-3H3,(H,13,19)(H,17,18). The van der Waals surface area contributed by atoms with Gasteiger partial charge < -0.3 is 15.2 Å². The number of aliphatic carboxylic acids is 1. The van der Waals surface area contributed by atoms with Gasteiger partial charge in [0.15, 0.2) is 0 Å². The first-order valence-corrected chi connectivity index (χ1v) is 8.19. The molecule has 0 aliphatic rings. The fourth-order valence-electron chi connectivity index (χ4n) is 1.46. The van der Waals surface area contributed by atoms with Crippen molar-refractivity contribution in [2.75, 3.05) is 13.1 Å². The molecule has 0 atom stereocenters. The minimum atomic E-state index is -3.83. The third kappa shape index (κ3) is 7.10. The van der Waals surface area contributed by atoms with Crippen LogP contribution in [0, 0.1) is 0 Å². The third-order valence-corrected chi connectivity index (χ3v) is 3.72. The lowest BCUT2D eigenvalue weighted by Gasteiger charge is -2.19. The fourth-order valence-corrected chi connectivity index (χ4v) is 2.44. The second-order valence-corrected chi connectivity index (χ2v) is 7.36. The number of carbonyl (C=O) groups is 2. The number of carboxylic acids is 1. The molecule has 1 rings (SSSR count). The minimum absolute atomic E-state index is 0.0391. The Morgan fingerprint density at radius 2 is 2.00 bits per heavy atom. The molecule has 0 fully saturated rings. The van der Waals surface area contributed by atoms with E-state index >= 15 is 0 Å². The van der Waals surface area contributed by atoms with Crippen molar-refractivity contribution in [2.24, 2.45) is 0 Å². The average molecular weight is 348 g/mol. The maximum atomic E-state index is 11.9. The number of nitrogens with one attached hydrogen (secondary N) is 2. The van der Waals surface area contributed by atoms with Crippen LogP contribution in [0.4, 0.5) is 4.79 Å². The number of amides is 1. The number of carboxylic acid groups (broad SMARTS) is 1. The molecule has 0 unspecified atom stereocenters. The molecular weight excluding hydrogens is 328 g/mol. The van der Waals surface area contributed by atoms with E-state index in [2.05, 4.69) is 15.1 Å². The molecule has 1 amide bonds. The Hall–Kier alpha value is -2.14. The predicted octanol–water partition coefficient (Wildman–Crippen LogP) is -0.229. The molecule has 1 aromatic rings. The van der Waals surface area contributed by atoms with Crippen molar-refractivity contribution in [1.82, 2.24) is 19.8 Å². The van der Waals surface area contributed by atoms with E-state index in [0.717, 1.165) is 17.1 Å². The summed E-state index contributed by atoms with van der Waals surface area (Å²) in [5.74, 6) is -1.13. The summed E-state index contributed by atoms with van der Waals surface area (Å²) in [6.07, 6.45) is 1.51. The second kappa shape index (κ2) is 7.42. The summed E-state index contributed by atoms with van der Waals surface area (Å²) in [6.45, 7) is 4.69. The van der Waals surface area contributed by atoms with E-state index in [1.807, 2.05) is 0 Å². The third-order valence-electron chi connectivity index (χ3n) is 2.30. The number of carbonyl (C=O) groups excluding carboxylic acids is 1. The van der Waals surface area contributed by atoms with Crippen LogP contribution in [0.25, 0.3) is 0 Å². The van der Waals surface area contributed by atoms with Gasteiger partial charge in [-0.05, 0) is 20.8 Å². The van der Waals surface area contributed by atoms with Crippen LogP contribution < -0.4 is 10.0 Å². The van der Waals surface area contributed by atoms with Gasteiger partial charge in [-0.25, -0.2) is 17.9 Å². The first kappa shape index (κ1) is 18.9. The summed E-state index contributed by atoms with van der Waals surface area (Å²) in [4.78, 5) is 21.7. The molecule has 23 heavy (non-hydrogen) atoms. The smallest absolute Gasteiger partial charge is 0.407 e. The molecule has 1 heterocycles. The largest absolute Gasteiger partial charge is 0.480 e. The van der Waals surface area contributed by atoms with Crippen molar-refractivity contribution < 1.29 is 27.9 Å². The van der Waals surface area contributed by atoms with Crippen LogP contribution in [0.15, 0.2) is 17.3 Å². The molecule has 0 aliphatic heterocycles. The number of alkyl carbamates (subject to hydrolysis) is 1. The lowest BCUT2D eigenvalue weighted by molar-refractivity contribution is -0.137. The zero-order chi connectivity index (χ0) is 17.7. The number of nitrogens with zero attached hydrogens (tertiary/aromatic N) is 2. The number of ether oxygens (including phenoxy) is 1. The van der Waals surface area contributed by atoms with E-state index in [1.54, 1.807) is 20.8 Å². The van der Waals surface area contributed by atoms with Gasteiger partial charge in [0.25, 0.3) is 0 Å². The van der Waals surface area contributed by atoms with Crippen molar-refractivity contribution in [3.8, 4) is 0 Å². The van der Waals surface area contributed by atoms with Crippen molar-refractivity contribution in [2.45, 2.75) is 37.8 Å². The van der Waals surface area contributed by atoms with E-state index < -0.39 is 34.2 Å². The Morgan fingerprint density at radius 3 is 2.57 bits per heavy atom. The van der Waals surface area contributed by atoms with Crippen LogP contribution in [0.1, 0.15) is 20.8 Å². The van der Waals surface area contributed by atoms with E-state index in [9.17, 15) is 18.0 Å². The zero-order valence-electron chi connectivity index (χ0n) is 13.1. The number of rotatable bonds is 7. The monoisotopic (exact) mass is 348 g/mol. The van der Waals surface area contributed by atoms with E-state index in [1.165, 1.54) is 0 Å². The van der Waals surface area contributed by atoms with Crippen LogP contribution in [-0.2, 0) is 26.1 Å². The first-order valence-electron chi connectivity index (χ1n) is 6.70. The Bertz CT molecular complexity index is 661. The topological polar surface area (TPSA) is 140 Å². The Labute approximate surface area is 133 Å². The first-order chi connectivity index (χ1) is 10.5. The van der Waals surface area contributed by atoms with Gasteiger partial charge in [0, 0.05) is 19.3 Å². The predicted molar refractivity (Wildman–Crippen MR) is 79.3 cm³/mol. The van der Waals surface area contributed by atoms with Crippen molar-refractivity contribution in [1.29, 1.82) is 0 Å². The average Bonchev–Trinajstić information content (AvgIpc) is 2.81. The highest BCUT2D eigenvalue weighted by molar-refractivity contribution is 7.89. The van der Waals surface area contributed by atoms with Gasteiger partial charge in [-0.15, -0.1) is 0 Å². The van der Waals surface area contributed by atoms with Gasteiger partial charge in [0.1, 0.15) is 17.0 Å². The minimum Gasteiger partial charge on any atom is -0.480 e. The Kier molecular flexibility index (Phi) is 6.10. The van der Waals surface area contributed by atoms with E-state index in [-0.39, 0.29) is 18.0 Å². The van der Waals surface area contributed by atoms with Gasteiger partial charge in [-0.1, -0.05) is 0 Å². The van der Waals surface area contributed by atoms with Gasteiger partial charge in [-0.3, -0.25) is 9.48 Å². The second-order valence-electron chi connectivity index (χ2n) is 5.59. The van der Waals surface area contributed by atoms with Gasteiger partial charge in [0.2, 0.25) is 10.0 Å². The normalized spacial score (nSPS) is 12.0. The summed E-state index contributed by atoms with van der Waals surface area (Å²) < 4.78 is 32.2. The molecule has 0 bridgehead atoms. The summed E-state index contributed by atoms with van der Waals surface area (Å²) in [7, 11) is -3.83. The summed E-state index contributed by atoms with van der Waals surface area (Å²) >= 11 is 0. The van der Waals surface area contributed by atoms with Crippen LogP contribution in [0.5, 0.6) is 0 Å². The maximum Gasteiger partial charge on any atom is 0.407 e. The van der Waals surface area contributed by atoms with Gasteiger partial charge in [-0.2, -0.15) is 5.10 Å². The quantitative estimate of drug-likeness (QED) is 0.578. The molecule has 0 saturated carbocycles. The SMILES string of the molecule is CC(C)(C)OC(=O)NCCNS(=O)(=O)c1cnn(CC(=O)O)c1. The summed E-state index contributed by atoms with van der Waals surface area (Å²) in [6, 6.07) is 0. The maximum absolute atomic E-state index is 11.9. The molecular formula is C12H20N4O6S. The van der Waals surface area contributed by atoms with Crippen molar-refractivity contribution in [3.05, 3.63) is 12.4 Å². The number of hydrogen-bond acceptors (Lipinski definition) is 6. The van der Waals surface area contributed by atoms with E-state index in [4.69, 9.17) is 9.84 Å². The number of hydrogen-bond donors (Lipinski definition) is 3. The van der Waals surface area contributed by atoms with Crippen LogP contribution in [0.3, 0.4) is 0 Å². The molecule has 3 N–H and O–H groups in total. The fraction of sp³-hybridized carbons (Fsp3) is 0.583. The van der Waals surface area contributed by atoms with Gasteiger partial charge >= 0.3 is 12.1 Å². The van der Waals surface area contributed by atoms with Crippen LogP contribution in [-0.4, -0.2) is 54.1 Å². The molecule has 0 spiro atoms. The van der Waals surface area contributed by atoms with Crippen LogP contribution >= 0.6 is 0 Å². The molecule has 0 aliphatic carbocycles. The van der Waals surface area contributed by atoms with E-state index in [0.29, 0.717) is 0 Å². The number of aromatic nitrogens is 2. The molecule has 1 aromatic heterocycles. The summed E-state index contributed by atoms with van der Waals surface area (Å²) in [5, 5.41) is 14.7. The molecule has 0 radical (unpaired) electrons. The Morgan fingerprint density at radius 1 is 1.35 bits per heavy atom. The molecule has 0 aromatic carbocycles. The van der Waals surface area contributed by atoms with Crippen molar-refractivity contribution in [3.63, 3.8) is 0 Å². The molecule has 10 nitrogen and oxygen atoms in total. The molecule has 130 valence electrons. The summed E-state index contributed by atoms with van der Waals surface area (Å²) in [5.41, 5.74) is -0.637.